The minimum absolute atomic E-state index is 0.825. The number of nitrogens with zero attached hydrogens (tertiary/aromatic N) is 1. The summed E-state index contributed by atoms with van der Waals surface area (Å²) >= 11 is 0. The molecule has 0 aromatic rings. The molecule has 0 heterocycles. The highest BCUT2D eigenvalue weighted by molar-refractivity contribution is 6.69. The highest BCUT2D eigenvalue weighted by Crippen LogP contribution is 2.08. The van der Waals surface area contributed by atoms with Crippen molar-refractivity contribution < 1.29 is 8.85 Å². The number of likely N-dealkylation sites (N-methyl/N-ethyl adjacent to an activating group) is 1. The molecule has 0 aliphatic heterocycles. The molecule has 0 unspecified atom stereocenters. The Hall–Kier alpha value is 0.314. The summed E-state index contributed by atoms with van der Waals surface area (Å²) in [5, 5.41) is 0. The first kappa shape index (κ1) is 14.3. The Labute approximate surface area is 90.7 Å². The van der Waals surface area contributed by atoms with Gasteiger partial charge in [-0.15, -0.1) is 0 Å². The van der Waals surface area contributed by atoms with Crippen LogP contribution in [0.2, 0.25) is 32.7 Å². The van der Waals surface area contributed by atoms with Gasteiger partial charge in [0.15, 0.2) is 8.32 Å². The molecule has 0 rings (SSSR count). The molecule has 0 saturated carbocycles. The monoisotopic (exact) mass is 235 g/mol. The van der Waals surface area contributed by atoms with Crippen LogP contribution >= 0.6 is 0 Å². The standard InChI is InChI=1S/C9H25NO2Si2/c1-10(14(6,7)11-2)8-9-12-13(3,4)5/h8-9H2,1-7H3. The van der Waals surface area contributed by atoms with Crippen molar-refractivity contribution in [1.82, 2.24) is 4.57 Å². The molecule has 0 bridgehead atoms. The largest absolute Gasteiger partial charge is 0.416 e. The maximum atomic E-state index is 5.80. The van der Waals surface area contributed by atoms with E-state index in [9.17, 15) is 0 Å². The van der Waals surface area contributed by atoms with Gasteiger partial charge in [-0.05, 0) is 39.8 Å². The summed E-state index contributed by atoms with van der Waals surface area (Å²) in [6.45, 7) is 12.8. The smallest absolute Gasteiger partial charge is 0.264 e. The SMILES string of the molecule is CO[Si](C)(C)N(C)CCO[Si](C)(C)C. The molecule has 0 atom stereocenters. The zero-order chi connectivity index (χ0) is 11.4. The first-order valence-corrected chi connectivity index (χ1v) is 11.4. The van der Waals surface area contributed by atoms with Crippen LogP contribution in [0.1, 0.15) is 0 Å². The van der Waals surface area contributed by atoms with Gasteiger partial charge in [0.05, 0.1) is 0 Å². The zero-order valence-electron chi connectivity index (χ0n) is 10.7. The topological polar surface area (TPSA) is 21.7 Å². The van der Waals surface area contributed by atoms with Crippen molar-refractivity contribution in [2.45, 2.75) is 32.7 Å². The van der Waals surface area contributed by atoms with Crippen molar-refractivity contribution in [3.8, 4) is 0 Å². The summed E-state index contributed by atoms with van der Waals surface area (Å²) < 4.78 is 13.6. The molecule has 0 aromatic carbocycles. The van der Waals surface area contributed by atoms with Gasteiger partial charge < -0.3 is 13.4 Å². The van der Waals surface area contributed by atoms with E-state index in [0.29, 0.717) is 0 Å². The predicted molar refractivity (Wildman–Crippen MR) is 66.4 cm³/mol. The fourth-order valence-corrected chi connectivity index (χ4v) is 2.56. The van der Waals surface area contributed by atoms with E-state index in [1.807, 2.05) is 0 Å². The molecule has 0 fully saturated rings. The zero-order valence-corrected chi connectivity index (χ0v) is 12.7. The third kappa shape index (κ3) is 5.92. The van der Waals surface area contributed by atoms with Crippen LogP contribution in [0.15, 0.2) is 0 Å². The van der Waals surface area contributed by atoms with Crippen molar-refractivity contribution in [2.24, 2.45) is 0 Å². The van der Waals surface area contributed by atoms with Crippen molar-refractivity contribution in [1.29, 1.82) is 0 Å². The maximum absolute atomic E-state index is 5.80. The van der Waals surface area contributed by atoms with Crippen molar-refractivity contribution >= 4 is 16.8 Å². The second-order valence-electron chi connectivity index (χ2n) is 5.03. The van der Waals surface area contributed by atoms with Gasteiger partial charge in [0.2, 0.25) is 0 Å². The molecule has 0 spiro atoms. The lowest BCUT2D eigenvalue weighted by molar-refractivity contribution is 0.252. The molecule has 0 aromatic heterocycles. The molecule has 0 radical (unpaired) electrons. The molecule has 0 N–H and O–H groups in total. The Morgan fingerprint density at radius 2 is 1.57 bits per heavy atom. The Balaban J connectivity index is 3.80. The summed E-state index contributed by atoms with van der Waals surface area (Å²) in [5.41, 5.74) is 0. The number of rotatable bonds is 6. The Bertz CT molecular complexity index is 169. The highest BCUT2D eigenvalue weighted by atomic mass is 28.4. The normalized spacial score (nSPS) is 13.7. The average Bonchev–Trinajstić information content (AvgIpc) is 2.02. The molecule has 0 aliphatic carbocycles. The lowest BCUT2D eigenvalue weighted by Crippen LogP contribution is -2.50. The highest BCUT2D eigenvalue weighted by Gasteiger charge is 2.27. The van der Waals surface area contributed by atoms with E-state index in [-0.39, 0.29) is 0 Å². The third-order valence-electron chi connectivity index (χ3n) is 2.38. The second-order valence-corrected chi connectivity index (χ2v) is 13.6. The lowest BCUT2D eigenvalue weighted by atomic mass is 10.7. The van der Waals surface area contributed by atoms with Crippen molar-refractivity contribution in [3.05, 3.63) is 0 Å². The molecule has 5 heteroatoms. The van der Waals surface area contributed by atoms with Crippen LogP contribution in [0.25, 0.3) is 0 Å². The minimum atomic E-state index is -1.61. The van der Waals surface area contributed by atoms with Crippen LogP contribution in [-0.4, -0.2) is 48.7 Å². The average molecular weight is 235 g/mol. The van der Waals surface area contributed by atoms with Gasteiger partial charge in [-0.3, -0.25) is 0 Å². The molecule has 0 aliphatic rings. The number of hydrogen-bond donors (Lipinski definition) is 0. The van der Waals surface area contributed by atoms with Crippen LogP contribution in [0, 0.1) is 0 Å². The van der Waals surface area contributed by atoms with E-state index in [0.717, 1.165) is 13.2 Å². The van der Waals surface area contributed by atoms with Crippen molar-refractivity contribution in [3.63, 3.8) is 0 Å². The lowest BCUT2D eigenvalue weighted by Gasteiger charge is -2.32. The van der Waals surface area contributed by atoms with Gasteiger partial charge in [-0.1, -0.05) is 0 Å². The predicted octanol–water partition coefficient (Wildman–Crippen LogP) is 2.12. The Morgan fingerprint density at radius 3 is 1.93 bits per heavy atom. The van der Waals surface area contributed by atoms with E-state index < -0.39 is 16.8 Å². The Morgan fingerprint density at radius 1 is 1.07 bits per heavy atom. The van der Waals surface area contributed by atoms with Crippen LogP contribution in [0.5, 0.6) is 0 Å². The fraction of sp³-hybridized carbons (Fsp3) is 1.00. The van der Waals surface area contributed by atoms with Crippen LogP contribution in [-0.2, 0) is 8.85 Å². The van der Waals surface area contributed by atoms with E-state index in [1.54, 1.807) is 7.11 Å². The van der Waals surface area contributed by atoms with Gasteiger partial charge >= 0.3 is 0 Å². The number of hydrogen-bond acceptors (Lipinski definition) is 3. The van der Waals surface area contributed by atoms with Gasteiger partial charge in [-0.2, -0.15) is 0 Å². The van der Waals surface area contributed by atoms with E-state index >= 15 is 0 Å². The van der Waals surface area contributed by atoms with Crippen LogP contribution < -0.4 is 0 Å². The van der Waals surface area contributed by atoms with Gasteiger partial charge in [-0.25, -0.2) is 0 Å². The summed E-state index contributed by atoms with van der Waals surface area (Å²) in [6.07, 6.45) is 0. The second kappa shape index (κ2) is 5.41. The minimum Gasteiger partial charge on any atom is -0.416 e. The summed E-state index contributed by atoms with van der Waals surface area (Å²) in [4.78, 5) is 0. The quantitative estimate of drug-likeness (QED) is 0.658. The fourth-order valence-electron chi connectivity index (χ4n) is 0.914. The molecular formula is C9H25NO2Si2. The van der Waals surface area contributed by atoms with Gasteiger partial charge in [0, 0.05) is 20.3 Å². The molecular weight excluding hydrogens is 210 g/mol. The Kier molecular flexibility index (Phi) is 5.53. The third-order valence-corrected chi connectivity index (χ3v) is 6.51. The summed E-state index contributed by atoms with van der Waals surface area (Å²) in [7, 11) is 0.954. The molecule has 14 heavy (non-hydrogen) atoms. The van der Waals surface area contributed by atoms with E-state index in [2.05, 4.69) is 44.3 Å². The maximum Gasteiger partial charge on any atom is 0.264 e. The first-order chi connectivity index (χ1) is 6.19. The molecule has 86 valence electrons. The van der Waals surface area contributed by atoms with E-state index in [1.165, 1.54) is 0 Å². The summed E-state index contributed by atoms with van der Waals surface area (Å²) in [5.74, 6) is 0. The van der Waals surface area contributed by atoms with E-state index in [4.69, 9.17) is 8.85 Å². The molecule has 0 saturated heterocycles. The van der Waals surface area contributed by atoms with Crippen LogP contribution in [0.4, 0.5) is 0 Å². The van der Waals surface area contributed by atoms with Gasteiger partial charge in [0.1, 0.15) is 0 Å². The van der Waals surface area contributed by atoms with Crippen molar-refractivity contribution in [2.75, 3.05) is 27.3 Å². The first-order valence-electron chi connectivity index (χ1n) is 5.09. The molecule has 3 nitrogen and oxygen atoms in total. The van der Waals surface area contributed by atoms with Crippen LogP contribution in [0.3, 0.4) is 0 Å². The molecule has 0 amide bonds. The van der Waals surface area contributed by atoms with Gasteiger partial charge in [0.25, 0.3) is 8.48 Å². The summed E-state index contributed by atoms with van der Waals surface area (Å²) in [6, 6.07) is 0.